The molecule has 1 aromatic rings. The number of hydrogen-bond acceptors (Lipinski definition) is 5. The molecule has 2 fully saturated rings. The fraction of sp³-hybridized carbons (Fsp3) is 0.526. The lowest BCUT2D eigenvalue weighted by Gasteiger charge is -2.38. The van der Waals surface area contributed by atoms with E-state index < -0.39 is 6.04 Å². The van der Waals surface area contributed by atoms with Gasteiger partial charge in [-0.05, 0) is 24.1 Å². The van der Waals surface area contributed by atoms with Crippen molar-refractivity contribution in [2.24, 2.45) is 0 Å². The number of imide groups is 1. The zero-order valence-corrected chi connectivity index (χ0v) is 15.0. The van der Waals surface area contributed by atoms with E-state index in [1.54, 1.807) is 4.90 Å². The van der Waals surface area contributed by atoms with Gasteiger partial charge in [-0.2, -0.15) is 0 Å². The van der Waals surface area contributed by atoms with Crippen molar-refractivity contribution in [1.82, 2.24) is 20.4 Å². The van der Waals surface area contributed by atoms with Gasteiger partial charge in [0, 0.05) is 44.2 Å². The van der Waals surface area contributed by atoms with E-state index in [-0.39, 0.29) is 24.1 Å². The van der Waals surface area contributed by atoms with Gasteiger partial charge in [0.05, 0.1) is 0 Å². The van der Waals surface area contributed by atoms with Crippen LogP contribution in [0.3, 0.4) is 0 Å². The highest BCUT2D eigenvalue weighted by molar-refractivity contribution is 6.05. The number of amides is 3. The van der Waals surface area contributed by atoms with E-state index in [1.165, 1.54) is 0 Å². The number of carbonyl (C=O) groups excluding carboxylic acids is 3. The van der Waals surface area contributed by atoms with Crippen LogP contribution in [-0.4, -0.2) is 59.2 Å². The molecule has 0 aromatic heterocycles. The molecule has 26 heavy (non-hydrogen) atoms. The first-order valence-corrected chi connectivity index (χ1v) is 9.28. The molecule has 138 valence electrons. The molecule has 7 heteroatoms. The molecule has 7 nitrogen and oxygen atoms in total. The smallest absolute Gasteiger partial charge is 0.255 e. The Hall–Kier alpha value is -2.25. The Balaban J connectivity index is 1.56. The van der Waals surface area contributed by atoms with Crippen LogP contribution in [0.4, 0.5) is 0 Å². The number of rotatable bonds is 5. The Kier molecular flexibility index (Phi) is 4.50. The first kappa shape index (κ1) is 17.2. The third-order valence-electron chi connectivity index (χ3n) is 5.69. The number of benzene rings is 1. The maximum absolute atomic E-state index is 13.1. The SMILES string of the molecule is CCN(Cc1cccc2c1C(=O)N(C1CCC(=O)NC1=O)C2)C1CNC1. The van der Waals surface area contributed by atoms with Crippen molar-refractivity contribution in [3.05, 3.63) is 34.9 Å². The van der Waals surface area contributed by atoms with Crippen molar-refractivity contribution in [1.29, 1.82) is 0 Å². The lowest BCUT2D eigenvalue weighted by molar-refractivity contribution is -0.136. The molecule has 3 aliphatic rings. The summed E-state index contributed by atoms with van der Waals surface area (Å²) in [5, 5.41) is 5.65. The second-order valence-corrected chi connectivity index (χ2v) is 7.23. The minimum atomic E-state index is -0.557. The molecule has 1 atom stereocenters. The van der Waals surface area contributed by atoms with E-state index in [1.807, 2.05) is 18.2 Å². The summed E-state index contributed by atoms with van der Waals surface area (Å²) in [7, 11) is 0. The predicted molar refractivity (Wildman–Crippen MR) is 95.2 cm³/mol. The van der Waals surface area contributed by atoms with Crippen LogP contribution in [0.15, 0.2) is 18.2 Å². The monoisotopic (exact) mass is 356 g/mol. The van der Waals surface area contributed by atoms with Crippen LogP contribution in [0.5, 0.6) is 0 Å². The van der Waals surface area contributed by atoms with Crippen LogP contribution < -0.4 is 10.6 Å². The molecule has 2 saturated heterocycles. The highest BCUT2D eigenvalue weighted by Gasteiger charge is 2.40. The molecule has 0 saturated carbocycles. The van der Waals surface area contributed by atoms with Crippen molar-refractivity contribution in [2.45, 2.75) is 44.9 Å². The molecule has 2 N–H and O–H groups in total. The fourth-order valence-corrected chi connectivity index (χ4v) is 4.07. The minimum absolute atomic E-state index is 0.0899. The summed E-state index contributed by atoms with van der Waals surface area (Å²) in [5.41, 5.74) is 2.74. The highest BCUT2D eigenvalue weighted by Crippen LogP contribution is 2.30. The van der Waals surface area contributed by atoms with Crippen LogP contribution in [0, 0.1) is 0 Å². The Morgan fingerprint density at radius 3 is 2.69 bits per heavy atom. The van der Waals surface area contributed by atoms with E-state index in [2.05, 4.69) is 22.5 Å². The molecule has 0 aliphatic carbocycles. The maximum atomic E-state index is 13.1. The topological polar surface area (TPSA) is 81.8 Å². The molecule has 0 bridgehead atoms. The molecule has 1 unspecified atom stereocenters. The van der Waals surface area contributed by atoms with Gasteiger partial charge in [-0.1, -0.05) is 25.1 Å². The van der Waals surface area contributed by atoms with Crippen LogP contribution in [0.25, 0.3) is 0 Å². The third kappa shape index (κ3) is 2.91. The van der Waals surface area contributed by atoms with E-state index in [4.69, 9.17) is 0 Å². The summed E-state index contributed by atoms with van der Waals surface area (Å²) in [5.74, 6) is -0.712. The summed E-state index contributed by atoms with van der Waals surface area (Å²) in [4.78, 5) is 40.7. The number of piperidine rings is 1. The van der Waals surface area contributed by atoms with Crippen molar-refractivity contribution in [3.8, 4) is 0 Å². The molecule has 3 aliphatic heterocycles. The standard InChI is InChI=1S/C19H24N4O3/c1-2-22(14-8-20-9-14)10-12-4-3-5-13-11-23(19(26)17(12)13)15-6-7-16(24)21-18(15)25/h3-5,14-15,20H,2,6-11H2,1H3,(H,21,24,25). The summed E-state index contributed by atoms with van der Waals surface area (Å²) in [6.45, 7) is 6.21. The van der Waals surface area contributed by atoms with Gasteiger partial charge in [0.25, 0.3) is 5.91 Å². The summed E-state index contributed by atoms with van der Waals surface area (Å²) >= 11 is 0. The van der Waals surface area contributed by atoms with Crippen molar-refractivity contribution >= 4 is 17.7 Å². The lowest BCUT2D eigenvalue weighted by Crippen LogP contribution is -2.56. The van der Waals surface area contributed by atoms with Crippen LogP contribution in [0.2, 0.25) is 0 Å². The number of nitrogens with zero attached hydrogens (tertiary/aromatic N) is 2. The molecular formula is C19H24N4O3. The van der Waals surface area contributed by atoms with Crippen LogP contribution >= 0.6 is 0 Å². The van der Waals surface area contributed by atoms with Gasteiger partial charge in [0.2, 0.25) is 11.8 Å². The largest absolute Gasteiger partial charge is 0.322 e. The first-order chi connectivity index (χ1) is 12.6. The quantitative estimate of drug-likeness (QED) is 0.739. The predicted octanol–water partition coefficient (Wildman–Crippen LogP) is 0.241. The van der Waals surface area contributed by atoms with E-state index in [9.17, 15) is 14.4 Å². The van der Waals surface area contributed by atoms with Gasteiger partial charge >= 0.3 is 0 Å². The van der Waals surface area contributed by atoms with Gasteiger partial charge in [-0.15, -0.1) is 0 Å². The van der Waals surface area contributed by atoms with Gasteiger partial charge in [-0.25, -0.2) is 0 Å². The first-order valence-electron chi connectivity index (χ1n) is 9.28. The Labute approximate surface area is 152 Å². The van der Waals surface area contributed by atoms with Crippen molar-refractivity contribution in [3.63, 3.8) is 0 Å². The number of likely N-dealkylation sites (N-methyl/N-ethyl adjacent to an activating group) is 1. The van der Waals surface area contributed by atoms with Gasteiger partial charge in [-0.3, -0.25) is 24.6 Å². The molecule has 3 heterocycles. The summed E-state index contributed by atoms with van der Waals surface area (Å²) in [6.07, 6.45) is 0.677. The Bertz CT molecular complexity index is 759. The molecule has 4 rings (SSSR count). The summed E-state index contributed by atoms with van der Waals surface area (Å²) < 4.78 is 0. The van der Waals surface area contributed by atoms with E-state index in [0.717, 1.165) is 42.9 Å². The fourth-order valence-electron chi connectivity index (χ4n) is 4.07. The Morgan fingerprint density at radius 1 is 1.23 bits per heavy atom. The minimum Gasteiger partial charge on any atom is -0.322 e. The number of fused-ring (bicyclic) bond motifs is 1. The van der Waals surface area contributed by atoms with Crippen LogP contribution in [-0.2, 0) is 22.7 Å². The number of nitrogens with one attached hydrogen (secondary N) is 2. The van der Waals surface area contributed by atoms with Gasteiger partial charge in [0.1, 0.15) is 6.04 Å². The maximum Gasteiger partial charge on any atom is 0.255 e. The number of hydrogen-bond donors (Lipinski definition) is 2. The average Bonchev–Trinajstić information content (AvgIpc) is 2.90. The average molecular weight is 356 g/mol. The zero-order chi connectivity index (χ0) is 18.3. The molecule has 0 radical (unpaired) electrons. The Morgan fingerprint density at radius 2 is 2.04 bits per heavy atom. The lowest BCUT2D eigenvalue weighted by atomic mass is 10.0. The summed E-state index contributed by atoms with van der Waals surface area (Å²) in [6, 6.07) is 5.92. The normalized spacial score (nSPS) is 23.2. The second-order valence-electron chi connectivity index (χ2n) is 7.23. The molecule has 1 aromatic carbocycles. The number of carbonyl (C=O) groups is 3. The zero-order valence-electron chi connectivity index (χ0n) is 15.0. The van der Waals surface area contributed by atoms with E-state index >= 15 is 0 Å². The van der Waals surface area contributed by atoms with Gasteiger partial charge in [0.15, 0.2) is 0 Å². The molecular weight excluding hydrogens is 332 g/mol. The highest BCUT2D eigenvalue weighted by atomic mass is 16.2. The van der Waals surface area contributed by atoms with E-state index in [0.29, 0.717) is 19.0 Å². The van der Waals surface area contributed by atoms with Crippen LogP contribution in [0.1, 0.15) is 41.3 Å². The second kappa shape index (κ2) is 6.81. The van der Waals surface area contributed by atoms with Gasteiger partial charge < -0.3 is 10.2 Å². The third-order valence-corrected chi connectivity index (χ3v) is 5.69. The van der Waals surface area contributed by atoms with Crippen molar-refractivity contribution < 1.29 is 14.4 Å². The molecule has 0 spiro atoms. The van der Waals surface area contributed by atoms with Crippen molar-refractivity contribution in [2.75, 3.05) is 19.6 Å². The molecule has 3 amide bonds.